The molecule has 1 aromatic heterocycles. The number of aromatic nitrogens is 2. The van der Waals surface area contributed by atoms with Crippen molar-refractivity contribution in [1.82, 2.24) is 9.97 Å². The Labute approximate surface area is 171 Å². The van der Waals surface area contributed by atoms with Crippen LogP contribution in [0.25, 0.3) is 0 Å². The lowest BCUT2D eigenvalue weighted by molar-refractivity contribution is -0.141. The van der Waals surface area contributed by atoms with Gasteiger partial charge in [-0.25, -0.2) is 4.98 Å². The Morgan fingerprint density at radius 2 is 1.59 bits per heavy atom. The summed E-state index contributed by atoms with van der Waals surface area (Å²) >= 11 is 2.82. The molecule has 2 N–H and O–H groups in total. The van der Waals surface area contributed by atoms with Crippen molar-refractivity contribution in [2.45, 2.75) is 50.5 Å². The molecule has 0 spiro atoms. The van der Waals surface area contributed by atoms with Gasteiger partial charge in [0.2, 0.25) is 5.95 Å². The number of halogens is 7. The molecule has 0 saturated heterocycles. The van der Waals surface area contributed by atoms with Crippen molar-refractivity contribution in [2.75, 3.05) is 10.6 Å². The van der Waals surface area contributed by atoms with Gasteiger partial charge in [-0.1, -0.05) is 35.2 Å². The van der Waals surface area contributed by atoms with Crippen LogP contribution in [0, 0.1) is 0 Å². The standard InChI is InChI=1S/C18H17BrF6N4/c19-13-7-6-11(8-12(13)17(20,21)22)26-15-9-14(18(23,24)25)28-16(29-15)27-10-4-2-1-3-5-10/h6-10H,1-5H2,(H2,26,27,28,29). The third-order valence-corrected chi connectivity index (χ3v) is 5.19. The molecule has 0 unspecified atom stereocenters. The molecule has 0 amide bonds. The lowest BCUT2D eigenvalue weighted by Gasteiger charge is -2.23. The zero-order chi connectivity index (χ0) is 21.2. The predicted molar refractivity (Wildman–Crippen MR) is 100.0 cm³/mol. The van der Waals surface area contributed by atoms with Crippen LogP contribution in [0.5, 0.6) is 0 Å². The van der Waals surface area contributed by atoms with Gasteiger partial charge in [-0.3, -0.25) is 0 Å². The van der Waals surface area contributed by atoms with Gasteiger partial charge in [-0.15, -0.1) is 0 Å². The number of alkyl halides is 6. The van der Waals surface area contributed by atoms with Gasteiger partial charge in [0.05, 0.1) is 5.56 Å². The van der Waals surface area contributed by atoms with E-state index in [4.69, 9.17) is 0 Å². The van der Waals surface area contributed by atoms with Crippen molar-refractivity contribution >= 4 is 33.4 Å². The summed E-state index contributed by atoms with van der Waals surface area (Å²) in [6, 6.07) is 3.90. The molecule has 1 aliphatic carbocycles. The first-order chi connectivity index (χ1) is 13.5. The number of rotatable bonds is 4. The highest BCUT2D eigenvalue weighted by atomic mass is 79.9. The number of nitrogens with one attached hydrogen (secondary N) is 2. The number of anilines is 3. The highest BCUT2D eigenvalue weighted by Crippen LogP contribution is 2.37. The van der Waals surface area contributed by atoms with E-state index in [1.165, 1.54) is 6.07 Å². The summed E-state index contributed by atoms with van der Waals surface area (Å²) in [6.07, 6.45) is -4.76. The van der Waals surface area contributed by atoms with Gasteiger partial charge in [0, 0.05) is 22.3 Å². The fourth-order valence-electron chi connectivity index (χ4n) is 3.12. The summed E-state index contributed by atoms with van der Waals surface area (Å²) in [5, 5.41) is 5.44. The zero-order valence-corrected chi connectivity index (χ0v) is 16.5. The van der Waals surface area contributed by atoms with Crippen LogP contribution in [0.3, 0.4) is 0 Å². The molecule has 1 aliphatic rings. The molecule has 1 aromatic carbocycles. The quantitative estimate of drug-likeness (QED) is 0.472. The van der Waals surface area contributed by atoms with E-state index in [0.717, 1.165) is 44.2 Å². The zero-order valence-electron chi connectivity index (χ0n) is 15.0. The molecule has 1 heterocycles. The van der Waals surface area contributed by atoms with Gasteiger partial charge in [0.25, 0.3) is 0 Å². The predicted octanol–water partition coefficient (Wildman–Crippen LogP) is 6.76. The van der Waals surface area contributed by atoms with E-state index < -0.39 is 23.6 Å². The molecule has 1 fully saturated rings. The Balaban J connectivity index is 1.91. The molecule has 1 saturated carbocycles. The first kappa shape index (κ1) is 21.7. The van der Waals surface area contributed by atoms with E-state index in [0.29, 0.717) is 6.07 Å². The lowest BCUT2D eigenvalue weighted by Crippen LogP contribution is -2.24. The minimum Gasteiger partial charge on any atom is -0.351 e. The molecule has 0 bridgehead atoms. The largest absolute Gasteiger partial charge is 0.433 e. The van der Waals surface area contributed by atoms with Crippen molar-refractivity contribution in [2.24, 2.45) is 0 Å². The third kappa shape index (κ3) is 5.74. The van der Waals surface area contributed by atoms with E-state index in [2.05, 4.69) is 36.5 Å². The Morgan fingerprint density at radius 3 is 2.21 bits per heavy atom. The SMILES string of the molecule is FC(F)(F)c1cc(Nc2ccc(Br)c(C(F)(F)F)c2)nc(NC2CCCCC2)n1. The monoisotopic (exact) mass is 482 g/mol. The maximum Gasteiger partial charge on any atom is 0.433 e. The lowest BCUT2D eigenvalue weighted by atomic mass is 9.96. The van der Waals surface area contributed by atoms with Crippen LogP contribution in [-0.4, -0.2) is 16.0 Å². The molecule has 158 valence electrons. The molecule has 0 radical (unpaired) electrons. The summed E-state index contributed by atoms with van der Waals surface area (Å²) in [5.41, 5.74) is -2.18. The van der Waals surface area contributed by atoms with Gasteiger partial charge >= 0.3 is 12.4 Å². The normalized spacial score (nSPS) is 16.0. The van der Waals surface area contributed by atoms with E-state index in [-0.39, 0.29) is 28.0 Å². The second-order valence-corrected chi connectivity index (χ2v) is 7.61. The number of hydrogen-bond acceptors (Lipinski definition) is 4. The number of hydrogen-bond donors (Lipinski definition) is 2. The molecule has 29 heavy (non-hydrogen) atoms. The maximum absolute atomic E-state index is 13.2. The van der Waals surface area contributed by atoms with E-state index in [9.17, 15) is 26.3 Å². The molecule has 3 rings (SSSR count). The fraction of sp³-hybridized carbons (Fsp3) is 0.444. The molecular weight excluding hydrogens is 466 g/mol. The molecule has 0 atom stereocenters. The van der Waals surface area contributed by atoms with Crippen LogP contribution < -0.4 is 10.6 Å². The number of benzene rings is 1. The minimum absolute atomic E-state index is 0.0374. The van der Waals surface area contributed by atoms with Gasteiger partial charge in [0.1, 0.15) is 5.82 Å². The summed E-state index contributed by atoms with van der Waals surface area (Å²) in [5.74, 6) is -0.455. The van der Waals surface area contributed by atoms with Gasteiger partial charge in [-0.05, 0) is 31.0 Å². The first-order valence-corrected chi connectivity index (χ1v) is 9.68. The summed E-state index contributed by atoms with van der Waals surface area (Å²) in [7, 11) is 0. The molecule has 0 aliphatic heterocycles. The van der Waals surface area contributed by atoms with Crippen LogP contribution in [0.1, 0.15) is 43.4 Å². The second kappa shape index (κ2) is 8.37. The number of nitrogens with zero attached hydrogens (tertiary/aromatic N) is 2. The molecule has 2 aromatic rings. The second-order valence-electron chi connectivity index (χ2n) is 6.76. The van der Waals surface area contributed by atoms with Crippen LogP contribution >= 0.6 is 15.9 Å². The third-order valence-electron chi connectivity index (χ3n) is 4.50. The van der Waals surface area contributed by atoms with E-state index in [1.807, 2.05) is 0 Å². The maximum atomic E-state index is 13.2. The Hall–Kier alpha value is -2.04. The minimum atomic E-state index is -4.72. The fourth-order valence-corrected chi connectivity index (χ4v) is 3.59. The van der Waals surface area contributed by atoms with Crippen LogP contribution in [0.4, 0.5) is 43.8 Å². The van der Waals surface area contributed by atoms with Gasteiger partial charge in [-0.2, -0.15) is 31.3 Å². The summed E-state index contributed by atoms with van der Waals surface area (Å²) < 4.78 is 78.8. The van der Waals surface area contributed by atoms with Crippen molar-refractivity contribution in [3.05, 3.63) is 40.0 Å². The van der Waals surface area contributed by atoms with Crippen LogP contribution in [0.2, 0.25) is 0 Å². The molecule has 11 heteroatoms. The first-order valence-electron chi connectivity index (χ1n) is 8.89. The van der Waals surface area contributed by atoms with Crippen molar-refractivity contribution in [3.63, 3.8) is 0 Å². The van der Waals surface area contributed by atoms with Gasteiger partial charge in [0.15, 0.2) is 5.69 Å². The summed E-state index contributed by atoms with van der Waals surface area (Å²) in [6.45, 7) is 0. The highest BCUT2D eigenvalue weighted by molar-refractivity contribution is 9.10. The Morgan fingerprint density at radius 1 is 0.897 bits per heavy atom. The van der Waals surface area contributed by atoms with E-state index in [1.54, 1.807) is 0 Å². The van der Waals surface area contributed by atoms with Crippen molar-refractivity contribution in [3.8, 4) is 0 Å². The average molecular weight is 483 g/mol. The summed E-state index contributed by atoms with van der Waals surface area (Å²) in [4.78, 5) is 7.56. The smallest absolute Gasteiger partial charge is 0.351 e. The van der Waals surface area contributed by atoms with Crippen LogP contribution in [-0.2, 0) is 12.4 Å². The molecule has 4 nitrogen and oxygen atoms in total. The van der Waals surface area contributed by atoms with Crippen molar-refractivity contribution < 1.29 is 26.3 Å². The Kier molecular flexibility index (Phi) is 6.25. The van der Waals surface area contributed by atoms with Crippen molar-refractivity contribution in [1.29, 1.82) is 0 Å². The van der Waals surface area contributed by atoms with Crippen LogP contribution in [0.15, 0.2) is 28.7 Å². The highest BCUT2D eigenvalue weighted by Gasteiger charge is 2.35. The van der Waals surface area contributed by atoms with E-state index >= 15 is 0 Å². The van der Waals surface area contributed by atoms with Gasteiger partial charge < -0.3 is 10.6 Å². The molecular formula is C18H17BrF6N4. The Bertz CT molecular complexity index is 862. The average Bonchev–Trinajstić information content (AvgIpc) is 2.62. The topological polar surface area (TPSA) is 49.8 Å².